The van der Waals surface area contributed by atoms with Gasteiger partial charge < -0.3 is 10.4 Å². The van der Waals surface area contributed by atoms with Crippen LogP contribution in [0.4, 0.5) is 10.1 Å². The van der Waals surface area contributed by atoms with E-state index in [1.165, 1.54) is 28.7 Å². The molecule has 2 heterocycles. The van der Waals surface area contributed by atoms with Crippen LogP contribution in [0.1, 0.15) is 45.6 Å². The molecule has 0 fully saturated rings. The van der Waals surface area contributed by atoms with Crippen LogP contribution in [-0.4, -0.2) is 20.5 Å². The number of para-hydroxylation sites is 1. The maximum absolute atomic E-state index is 13.9. The van der Waals surface area contributed by atoms with Crippen LogP contribution in [0.3, 0.4) is 0 Å². The number of benzene rings is 2. The number of aromatic nitrogens is 2. The Bertz CT molecular complexity index is 1550. The summed E-state index contributed by atoms with van der Waals surface area (Å²) in [5.41, 5.74) is 3.21. The van der Waals surface area contributed by atoms with Crippen molar-refractivity contribution in [3.8, 4) is 17.3 Å². The molecule has 7 nitrogen and oxygen atoms in total. The molecule has 0 aliphatic carbocycles. The highest BCUT2D eigenvalue weighted by Gasteiger charge is 2.19. The number of aryl methyl sites for hydroxylation is 1. The second-order valence-electron chi connectivity index (χ2n) is 8.08. The summed E-state index contributed by atoms with van der Waals surface area (Å²) >= 11 is 0. The second-order valence-corrected chi connectivity index (χ2v) is 8.08. The number of carboxylic acids is 1. The molecule has 2 aromatic carbocycles. The van der Waals surface area contributed by atoms with Crippen LogP contribution < -0.4 is 10.9 Å². The second kappa shape index (κ2) is 8.79. The van der Waals surface area contributed by atoms with Crippen molar-refractivity contribution in [1.29, 1.82) is 5.26 Å². The maximum atomic E-state index is 13.9. The van der Waals surface area contributed by atoms with E-state index in [1.54, 1.807) is 31.3 Å². The fourth-order valence-corrected chi connectivity index (χ4v) is 3.96. The van der Waals surface area contributed by atoms with Gasteiger partial charge in [0.2, 0.25) is 0 Å². The first-order chi connectivity index (χ1) is 16.2. The fraction of sp³-hybridized carbons (Fsp3) is 0.154. The molecular formula is C26H21FN4O3. The van der Waals surface area contributed by atoms with Gasteiger partial charge in [-0.3, -0.25) is 9.20 Å². The first-order valence-corrected chi connectivity index (χ1v) is 10.5. The highest BCUT2D eigenvalue weighted by molar-refractivity contribution is 5.94. The van der Waals surface area contributed by atoms with Gasteiger partial charge in [-0.2, -0.15) is 5.26 Å². The molecule has 0 spiro atoms. The molecule has 0 unspecified atom stereocenters. The zero-order valence-electron chi connectivity index (χ0n) is 18.8. The topological polar surface area (TPSA) is 107 Å². The summed E-state index contributed by atoms with van der Waals surface area (Å²) in [4.78, 5) is 29.6. The van der Waals surface area contributed by atoms with Crippen molar-refractivity contribution in [3.63, 3.8) is 0 Å². The highest BCUT2D eigenvalue weighted by atomic mass is 19.1. The Morgan fingerprint density at radius 2 is 1.94 bits per heavy atom. The number of nitrogens with zero attached hydrogens (tertiary/aromatic N) is 3. The number of halogens is 1. The normalized spacial score (nSPS) is 11.7. The Morgan fingerprint density at radius 1 is 1.21 bits per heavy atom. The molecule has 4 rings (SSSR count). The molecule has 0 saturated heterocycles. The molecule has 0 saturated carbocycles. The van der Waals surface area contributed by atoms with Crippen LogP contribution >= 0.6 is 0 Å². The van der Waals surface area contributed by atoms with Gasteiger partial charge in [-0.25, -0.2) is 14.2 Å². The minimum Gasteiger partial charge on any atom is -0.478 e. The Labute approximate surface area is 194 Å². The molecule has 0 aliphatic rings. The van der Waals surface area contributed by atoms with Crippen molar-refractivity contribution in [1.82, 2.24) is 9.38 Å². The third-order valence-corrected chi connectivity index (χ3v) is 5.67. The summed E-state index contributed by atoms with van der Waals surface area (Å²) in [5.74, 6) is -1.70. The SMILES string of the molecule is Cc1cc([C@@H](C)Nc2ccccc2C(=O)O)c2nc(-c3ccc(F)c(C#N)c3)c(C)c(=O)n2c1. The van der Waals surface area contributed by atoms with Crippen LogP contribution in [0.2, 0.25) is 0 Å². The van der Waals surface area contributed by atoms with Gasteiger partial charge in [0.1, 0.15) is 17.5 Å². The number of hydrogen-bond donors (Lipinski definition) is 2. The number of aromatic carboxylic acids is 1. The molecule has 4 aromatic rings. The number of carbonyl (C=O) groups is 1. The molecule has 34 heavy (non-hydrogen) atoms. The molecular weight excluding hydrogens is 435 g/mol. The molecule has 170 valence electrons. The Hall–Kier alpha value is -4.51. The van der Waals surface area contributed by atoms with Crippen LogP contribution in [0, 0.1) is 31.0 Å². The van der Waals surface area contributed by atoms with Gasteiger partial charge in [-0.15, -0.1) is 0 Å². The molecule has 2 aromatic heterocycles. The average molecular weight is 456 g/mol. The zero-order valence-corrected chi connectivity index (χ0v) is 18.8. The van der Waals surface area contributed by atoms with E-state index >= 15 is 0 Å². The first kappa shape index (κ1) is 22.7. The quantitative estimate of drug-likeness (QED) is 0.444. The van der Waals surface area contributed by atoms with E-state index in [9.17, 15) is 24.3 Å². The third-order valence-electron chi connectivity index (χ3n) is 5.67. The number of rotatable bonds is 5. The summed E-state index contributed by atoms with van der Waals surface area (Å²) < 4.78 is 15.3. The number of nitriles is 1. The van der Waals surface area contributed by atoms with Crippen LogP contribution in [-0.2, 0) is 0 Å². The molecule has 2 N–H and O–H groups in total. The zero-order chi connectivity index (χ0) is 24.6. The Balaban J connectivity index is 1.91. The summed E-state index contributed by atoms with van der Waals surface area (Å²) in [5, 5.41) is 21.9. The standard InChI is InChI=1S/C26H21FN4O3/c1-14-10-20(16(3)29-22-7-5-4-6-19(22)26(33)34)24-30-23(15(2)25(32)31(24)13-14)17-8-9-21(27)18(11-17)12-28/h4-11,13,16,29H,1-3H3,(H,33,34)/t16-/m1/s1. The molecule has 0 amide bonds. The van der Waals surface area contributed by atoms with Gasteiger partial charge in [0, 0.05) is 28.6 Å². The molecule has 0 aliphatic heterocycles. The lowest BCUT2D eigenvalue weighted by Crippen LogP contribution is -2.22. The van der Waals surface area contributed by atoms with Gasteiger partial charge in [0.25, 0.3) is 5.56 Å². The summed E-state index contributed by atoms with van der Waals surface area (Å²) in [6, 6.07) is 13.9. The number of anilines is 1. The van der Waals surface area contributed by atoms with Crippen molar-refractivity contribution in [2.24, 2.45) is 0 Å². The average Bonchev–Trinajstić information content (AvgIpc) is 2.82. The van der Waals surface area contributed by atoms with Gasteiger partial charge in [-0.05, 0) is 62.7 Å². The van der Waals surface area contributed by atoms with E-state index in [4.69, 9.17) is 4.98 Å². The van der Waals surface area contributed by atoms with Crippen LogP contribution in [0.25, 0.3) is 16.9 Å². The molecule has 0 bridgehead atoms. The monoisotopic (exact) mass is 456 g/mol. The fourth-order valence-electron chi connectivity index (χ4n) is 3.96. The minimum absolute atomic E-state index is 0.128. The molecule has 8 heteroatoms. The van der Waals surface area contributed by atoms with E-state index in [0.29, 0.717) is 33.7 Å². The van der Waals surface area contributed by atoms with E-state index in [2.05, 4.69) is 5.32 Å². The van der Waals surface area contributed by atoms with Crippen molar-refractivity contribution in [2.45, 2.75) is 26.8 Å². The number of hydrogen-bond acceptors (Lipinski definition) is 5. The Morgan fingerprint density at radius 3 is 2.65 bits per heavy atom. The van der Waals surface area contributed by atoms with Crippen LogP contribution in [0.15, 0.2) is 59.5 Å². The summed E-state index contributed by atoms with van der Waals surface area (Å²) in [7, 11) is 0. The highest BCUT2D eigenvalue weighted by Crippen LogP contribution is 2.28. The molecule has 1 atom stereocenters. The van der Waals surface area contributed by atoms with E-state index in [-0.39, 0.29) is 16.7 Å². The van der Waals surface area contributed by atoms with Gasteiger partial charge >= 0.3 is 5.97 Å². The number of pyridine rings is 1. The Kier molecular flexibility index (Phi) is 5.86. The van der Waals surface area contributed by atoms with Gasteiger partial charge in [-0.1, -0.05) is 12.1 Å². The first-order valence-electron chi connectivity index (χ1n) is 10.5. The van der Waals surface area contributed by atoms with E-state index in [0.717, 1.165) is 5.56 Å². The predicted molar refractivity (Wildman–Crippen MR) is 126 cm³/mol. The smallest absolute Gasteiger partial charge is 0.337 e. The summed E-state index contributed by atoms with van der Waals surface area (Å²) in [6.45, 7) is 5.35. The van der Waals surface area contributed by atoms with E-state index < -0.39 is 17.8 Å². The minimum atomic E-state index is -1.05. The largest absolute Gasteiger partial charge is 0.478 e. The third kappa shape index (κ3) is 3.99. The van der Waals surface area contributed by atoms with Crippen molar-refractivity contribution >= 4 is 17.3 Å². The number of carboxylic acid groups (broad SMARTS) is 1. The lowest BCUT2D eigenvalue weighted by Gasteiger charge is -2.20. The lowest BCUT2D eigenvalue weighted by atomic mass is 10.0. The van der Waals surface area contributed by atoms with Crippen molar-refractivity contribution in [3.05, 3.63) is 98.7 Å². The maximum Gasteiger partial charge on any atom is 0.337 e. The number of nitrogens with one attached hydrogen (secondary N) is 1. The van der Waals surface area contributed by atoms with Crippen molar-refractivity contribution < 1.29 is 14.3 Å². The van der Waals surface area contributed by atoms with Crippen molar-refractivity contribution in [2.75, 3.05) is 5.32 Å². The summed E-state index contributed by atoms with van der Waals surface area (Å²) in [6.07, 6.45) is 1.69. The van der Waals surface area contributed by atoms with Crippen LogP contribution in [0.5, 0.6) is 0 Å². The number of fused-ring (bicyclic) bond motifs is 1. The molecule has 0 radical (unpaired) electrons. The van der Waals surface area contributed by atoms with Gasteiger partial charge in [0.15, 0.2) is 0 Å². The predicted octanol–water partition coefficient (Wildman–Crippen LogP) is 4.86. The lowest BCUT2D eigenvalue weighted by molar-refractivity contribution is 0.0698. The van der Waals surface area contributed by atoms with E-state index in [1.807, 2.05) is 26.0 Å². The van der Waals surface area contributed by atoms with Gasteiger partial charge in [0.05, 0.1) is 22.9 Å².